The first-order chi connectivity index (χ1) is 13.3. The Morgan fingerprint density at radius 1 is 1.04 bits per heavy atom. The molecule has 0 radical (unpaired) electrons. The van der Waals surface area contributed by atoms with Crippen molar-refractivity contribution < 1.29 is 4.74 Å². The summed E-state index contributed by atoms with van der Waals surface area (Å²) in [6.07, 6.45) is 16.3. The minimum atomic E-state index is 0.356. The summed E-state index contributed by atoms with van der Waals surface area (Å²) in [7, 11) is 0. The lowest BCUT2D eigenvalue weighted by atomic mass is 10.1. The normalized spacial score (nSPS) is 12.4. The van der Waals surface area contributed by atoms with E-state index < -0.39 is 0 Å². The Kier molecular flexibility index (Phi) is 11.6. The second-order valence-corrected chi connectivity index (χ2v) is 8.81. The largest absolute Gasteiger partial charge is 0.380 e. The minimum absolute atomic E-state index is 0.356. The number of hydrogen-bond donors (Lipinski definition) is 0. The minimum Gasteiger partial charge on any atom is -0.380 e. The summed E-state index contributed by atoms with van der Waals surface area (Å²) in [5, 5.41) is 1.13. The van der Waals surface area contributed by atoms with Gasteiger partial charge in [-0.15, -0.1) is 11.8 Å². The predicted octanol–water partition coefficient (Wildman–Crippen LogP) is 6.85. The summed E-state index contributed by atoms with van der Waals surface area (Å²) >= 11 is 7.84. The van der Waals surface area contributed by atoms with E-state index in [-0.39, 0.29) is 0 Å². The lowest BCUT2D eigenvalue weighted by Gasteiger charge is -2.17. The Morgan fingerprint density at radius 3 is 2.41 bits per heavy atom. The van der Waals surface area contributed by atoms with Gasteiger partial charge in [0.25, 0.3) is 0 Å². The number of halogens is 1. The number of aromatic nitrogens is 2. The first-order valence-electron chi connectivity index (χ1n) is 10.2. The van der Waals surface area contributed by atoms with Crippen LogP contribution in [0.15, 0.2) is 47.9 Å². The number of ether oxygens (including phenoxy) is 1. The molecule has 0 aliphatic rings. The van der Waals surface area contributed by atoms with Gasteiger partial charge in [0.2, 0.25) is 0 Å². The number of hydrogen-bond acceptors (Lipinski definition) is 3. The molecular weight excluding hydrogens is 376 g/mol. The van der Waals surface area contributed by atoms with Crippen molar-refractivity contribution in [1.29, 1.82) is 0 Å². The number of thioether (sulfide) groups is 1. The number of unbranched alkanes of at least 4 members (excludes halogenated alkanes) is 7. The first-order valence-corrected chi connectivity index (χ1v) is 11.5. The van der Waals surface area contributed by atoms with Crippen LogP contribution < -0.4 is 0 Å². The SMILES string of the molecule is CCCCCCCCCCOCC(Cn1ccnc1)Sc1ccc(Cl)cc1. The van der Waals surface area contributed by atoms with Gasteiger partial charge in [0.05, 0.1) is 18.2 Å². The van der Waals surface area contributed by atoms with E-state index in [4.69, 9.17) is 16.3 Å². The van der Waals surface area contributed by atoms with Crippen molar-refractivity contribution in [3.63, 3.8) is 0 Å². The molecular formula is C22H33ClN2OS. The molecule has 1 aromatic heterocycles. The van der Waals surface area contributed by atoms with Gasteiger partial charge in [0, 0.05) is 35.5 Å². The number of rotatable bonds is 15. The fourth-order valence-corrected chi connectivity index (χ4v) is 4.23. The maximum absolute atomic E-state index is 6.00. The third-order valence-corrected chi connectivity index (χ3v) is 5.95. The van der Waals surface area contributed by atoms with Gasteiger partial charge >= 0.3 is 0 Å². The summed E-state index contributed by atoms with van der Waals surface area (Å²) in [6.45, 7) is 4.77. The Bertz CT molecular complexity index is 589. The van der Waals surface area contributed by atoms with Gasteiger partial charge in [-0.25, -0.2) is 4.98 Å². The van der Waals surface area contributed by atoms with E-state index in [0.29, 0.717) is 5.25 Å². The van der Waals surface area contributed by atoms with E-state index in [1.165, 1.54) is 49.8 Å². The lowest BCUT2D eigenvalue weighted by molar-refractivity contribution is 0.128. The van der Waals surface area contributed by atoms with Crippen molar-refractivity contribution in [2.24, 2.45) is 0 Å². The van der Waals surface area contributed by atoms with Gasteiger partial charge in [-0.2, -0.15) is 0 Å². The molecule has 0 saturated carbocycles. The smallest absolute Gasteiger partial charge is 0.0946 e. The molecule has 2 rings (SSSR count). The van der Waals surface area contributed by atoms with Crippen LogP contribution in [0.25, 0.3) is 0 Å². The van der Waals surface area contributed by atoms with Crippen molar-refractivity contribution in [2.75, 3.05) is 13.2 Å². The van der Waals surface area contributed by atoms with E-state index in [9.17, 15) is 0 Å². The summed E-state index contributed by atoms with van der Waals surface area (Å²) in [6, 6.07) is 8.04. The maximum Gasteiger partial charge on any atom is 0.0946 e. The summed E-state index contributed by atoms with van der Waals surface area (Å²) in [4.78, 5) is 5.37. The third-order valence-electron chi connectivity index (χ3n) is 4.54. The van der Waals surface area contributed by atoms with Crippen molar-refractivity contribution in [2.45, 2.75) is 75.0 Å². The quantitative estimate of drug-likeness (QED) is 0.238. The molecule has 27 heavy (non-hydrogen) atoms. The molecule has 1 aromatic carbocycles. The molecule has 3 nitrogen and oxygen atoms in total. The van der Waals surface area contributed by atoms with Crippen LogP contribution in [-0.4, -0.2) is 28.0 Å². The zero-order chi connectivity index (χ0) is 19.2. The van der Waals surface area contributed by atoms with Crippen LogP contribution in [0.5, 0.6) is 0 Å². The van der Waals surface area contributed by atoms with Crippen molar-refractivity contribution >= 4 is 23.4 Å². The highest BCUT2D eigenvalue weighted by Crippen LogP contribution is 2.26. The topological polar surface area (TPSA) is 27.1 Å². The summed E-state index contributed by atoms with van der Waals surface area (Å²) < 4.78 is 8.12. The van der Waals surface area contributed by atoms with E-state index in [2.05, 4.69) is 28.6 Å². The molecule has 0 aliphatic carbocycles. The van der Waals surface area contributed by atoms with E-state index in [1.54, 1.807) is 0 Å². The molecule has 5 heteroatoms. The number of nitrogens with zero attached hydrogens (tertiary/aromatic N) is 2. The second-order valence-electron chi connectivity index (χ2n) is 7.00. The van der Waals surface area contributed by atoms with Crippen LogP contribution in [0.4, 0.5) is 0 Å². The van der Waals surface area contributed by atoms with Gasteiger partial charge in [0.1, 0.15) is 0 Å². The van der Waals surface area contributed by atoms with Gasteiger partial charge in [-0.1, -0.05) is 63.5 Å². The van der Waals surface area contributed by atoms with Crippen molar-refractivity contribution in [3.8, 4) is 0 Å². The lowest BCUT2D eigenvalue weighted by Crippen LogP contribution is -2.19. The Labute approximate surface area is 173 Å². The van der Waals surface area contributed by atoms with Crippen LogP contribution in [0, 0.1) is 0 Å². The molecule has 1 heterocycles. The number of benzene rings is 1. The van der Waals surface area contributed by atoms with Gasteiger partial charge in [-0.05, 0) is 30.7 Å². The zero-order valence-electron chi connectivity index (χ0n) is 16.5. The molecule has 2 aromatic rings. The first kappa shape index (κ1) is 22.3. The third kappa shape index (κ3) is 10.2. The molecule has 0 saturated heterocycles. The van der Waals surface area contributed by atoms with E-state index in [0.717, 1.165) is 31.2 Å². The van der Waals surface area contributed by atoms with E-state index in [1.807, 2.05) is 42.6 Å². The van der Waals surface area contributed by atoms with Crippen LogP contribution in [0.1, 0.15) is 58.3 Å². The highest BCUT2D eigenvalue weighted by atomic mass is 35.5. The fourth-order valence-electron chi connectivity index (χ4n) is 3.01. The zero-order valence-corrected chi connectivity index (χ0v) is 18.1. The van der Waals surface area contributed by atoms with Crippen LogP contribution in [0.2, 0.25) is 5.02 Å². The highest BCUT2D eigenvalue weighted by molar-refractivity contribution is 8.00. The molecule has 0 N–H and O–H groups in total. The average molecular weight is 409 g/mol. The summed E-state index contributed by atoms with van der Waals surface area (Å²) in [5.74, 6) is 0. The monoisotopic (exact) mass is 408 g/mol. The Balaban J connectivity index is 1.65. The molecule has 0 fully saturated rings. The van der Waals surface area contributed by atoms with Gasteiger partial charge < -0.3 is 9.30 Å². The fraction of sp³-hybridized carbons (Fsp3) is 0.591. The van der Waals surface area contributed by atoms with Crippen molar-refractivity contribution in [3.05, 3.63) is 48.0 Å². The Morgan fingerprint density at radius 2 is 1.74 bits per heavy atom. The standard InChI is InChI=1S/C22H33ClN2OS/c1-2-3-4-5-6-7-8-9-16-26-18-22(17-25-15-14-24-19-25)27-21-12-10-20(23)11-13-21/h10-15,19,22H,2-9,16-18H2,1H3. The highest BCUT2D eigenvalue weighted by Gasteiger charge is 2.12. The van der Waals surface area contributed by atoms with Crippen LogP contribution in [0.3, 0.4) is 0 Å². The molecule has 1 atom stereocenters. The molecule has 0 bridgehead atoms. The average Bonchev–Trinajstić information content (AvgIpc) is 3.18. The maximum atomic E-state index is 6.00. The molecule has 0 spiro atoms. The molecule has 1 unspecified atom stereocenters. The van der Waals surface area contributed by atoms with Gasteiger partial charge in [-0.3, -0.25) is 0 Å². The predicted molar refractivity (Wildman–Crippen MR) is 117 cm³/mol. The Hall–Kier alpha value is -0.970. The molecule has 150 valence electrons. The van der Waals surface area contributed by atoms with Crippen molar-refractivity contribution in [1.82, 2.24) is 9.55 Å². The van der Waals surface area contributed by atoms with Crippen LogP contribution >= 0.6 is 23.4 Å². The van der Waals surface area contributed by atoms with Crippen LogP contribution in [-0.2, 0) is 11.3 Å². The van der Waals surface area contributed by atoms with E-state index >= 15 is 0 Å². The van der Waals surface area contributed by atoms with Gasteiger partial charge in [0.15, 0.2) is 0 Å². The summed E-state index contributed by atoms with van der Waals surface area (Å²) in [5.41, 5.74) is 0. The molecule has 0 amide bonds. The second kappa shape index (κ2) is 14.1. The molecule has 0 aliphatic heterocycles. The number of imidazole rings is 1.